The Hall–Kier alpha value is -1.97. The molecule has 8 nitrogen and oxygen atoms in total. The van der Waals surface area contributed by atoms with Crippen molar-refractivity contribution in [2.75, 3.05) is 13.7 Å². The van der Waals surface area contributed by atoms with Gasteiger partial charge in [0.25, 0.3) is 15.1 Å². The van der Waals surface area contributed by atoms with Crippen LogP contribution in [0.3, 0.4) is 0 Å². The maximum Gasteiger partial charge on any atom is 0.324 e. The van der Waals surface area contributed by atoms with Crippen molar-refractivity contribution in [2.45, 2.75) is 6.04 Å². The van der Waals surface area contributed by atoms with Crippen LogP contribution in [0.4, 0.5) is 0 Å². The molecule has 20 heavy (non-hydrogen) atoms. The molecule has 0 spiro atoms. The van der Waals surface area contributed by atoms with Crippen LogP contribution in [0.25, 0.3) is 0 Å². The van der Waals surface area contributed by atoms with Gasteiger partial charge in [0.1, 0.15) is 11.8 Å². The summed E-state index contributed by atoms with van der Waals surface area (Å²) in [6.45, 7) is -0.978. The van der Waals surface area contributed by atoms with E-state index in [4.69, 9.17) is 14.9 Å². The van der Waals surface area contributed by atoms with E-state index in [0.29, 0.717) is 0 Å². The number of carboxylic acids is 1. The first-order valence-electron chi connectivity index (χ1n) is 5.36. The van der Waals surface area contributed by atoms with Crippen LogP contribution in [0.15, 0.2) is 24.3 Å². The van der Waals surface area contributed by atoms with Gasteiger partial charge in [-0.2, -0.15) is 4.72 Å². The highest BCUT2D eigenvalue weighted by atomic mass is 32.2. The zero-order valence-electron chi connectivity index (χ0n) is 10.4. The SMILES string of the molecule is COc1ccccc1C(=O)S(=O)(=O)N[C@H](CO)C(=O)O. The number of methoxy groups -OCH3 is 1. The smallest absolute Gasteiger partial charge is 0.324 e. The third kappa shape index (κ3) is 3.53. The average Bonchev–Trinajstić information content (AvgIpc) is 2.43. The number of carbonyl (C=O) groups excluding carboxylic acids is 1. The summed E-state index contributed by atoms with van der Waals surface area (Å²) in [6, 6.07) is 3.81. The lowest BCUT2D eigenvalue weighted by Gasteiger charge is -2.12. The largest absolute Gasteiger partial charge is 0.496 e. The van der Waals surface area contributed by atoms with E-state index in [2.05, 4.69) is 0 Å². The molecule has 1 aromatic rings. The van der Waals surface area contributed by atoms with Crippen LogP contribution in [-0.4, -0.2) is 49.5 Å². The summed E-state index contributed by atoms with van der Waals surface area (Å²) in [5, 5.41) is 16.1. The molecule has 1 rings (SSSR count). The molecule has 0 bridgehead atoms. The maximum atomic E-state index is 11.9. The van der Waals surface area contributed by atoms with Gasteiger partial charge in [-0.15, -0.1) is 0 Å². The van der Waals surface area contributed by atoms with Gasteiger partial charge < -0.3 is 14.9 Å². The number of ether oxygens (including phenoxy) is 1. The van der Waals surface area contributed by atoms with Crippen molar-refractivity contribution in [3.05, 3.63) is 29.8 Å². The summed E-state index contributed by atoms with van der Waals surface area (Å²) in [5.41, 5.74) is -0.232. The van der Waals surface area contributed by atoms with Gasteiger partial charge in [-0.05, 0) is 12.1 Å². The molecule has 0 radical (unpaired) electrons. The quantitative estimate of drug-likeness (QED) is 0.627. The summed E-state index contributed by atoms with van der Waals surface area (Å²) in [7, 11) is -3.35. The fourth-order valence-corrected chi connectivity index (χ4v) is 2.48. The molecule has 0 saturated carbocycles. The van der Waals surface area contributed by atoms with Gasteiger partial charge in [0.2, 0.25) is 0 Å². The molecule has 0 fully saturated rings. The summed E-state index contributed by atoms with van der Waals surface area (Å²) < 4.78 is 30.0. The van der Waals surface area contributed by atoms with Gasteiger partial charge in [0.05, 0.1) is 19.3 Å². The molecule has 0 aliphatic heterocycles. The number of aliphatic hydroxyl groups excluding tert-OH is 1. The molecule has 3 N–H and O–H groups in total. The molecule has 0 aliphatic rings. The van der Waals surface area contributed by atoms with Crippen molar-refractivity contribution < 1.29 is 33.0 Å². The van der Waals surface area contributed by atoms with Crippen molar-refractivity contribution in [3.63, 3.8) is 0 Å². The fraction of sp³-hybridized carbons (Fsp3) is 0.273. The minimum Gasteiger partial charge on any atom is -0.496 e. The molecule has 0 saturated heterocycles. The standard InChI is InChI=1S/C11H13NO7S/c1-19-9-5-3-2-4-7(9)11(16)20(17,18)12-8(6-13)10(14)15/h2-5,8,12-13H,6H2,1H3,(H,14,15)/t8-/m1/s1. The Morgan fingerprint density at radius 3 is 2.45 bits per heavy atom. The molecule has 0 aliphatic carbocycles. The van der Waals surface area contributed by atoms with Crippen LogP contribution >= 0.6 is 0 Å². The number of nitrogens with one attached hydrogen (secondary N) is 1. The molecular weight excluding hydrogens is 290 g/mol. The van der Waals surface area contributed by atoms with Crippen LogP contribution < -0.4 is 9.46 Å². The zero-order valence-corrected chi connectivity index (χ0v) is 11.3. The Morgan fingerprint density at radius 2 is 1.95 bits per heavy atom. The van der Waals surface area contributed by atoms with Crippen LogP contribution in [0.2, 0.25) is 0 Å². The second-order valence-electron chi connectivity index (χ2n) is 3.68. The Bertz CT molecular complexity index is 611. The van der Waals surface area contributed by atoms with E-state index in [1.807, 2.05) is 0 Å². The Balaban J connectivity index is 3.09. The molecule has 0 unspecified atom stereocenters. The third-order valence-corrected chi connectivity index (χ3v) is 3.65. The van der Waals surface area contributed by atoms with Gasteiger partial charge in [-0.25, -0.2) is 8.42 Å². The highest BCUT2D eigenvalue weighted by Gasteiger charge is 2.31. The Kier molecular flexibility index (Phi) is 5.19. The maximum absolute atomic E-state index is 11.9. The molecular formula is C11H13NO7S. The minimum absolute atomic E-state index is 0.0405. The lowest BCUT2D eigenvalue weighted by molar-refractivity contribution is -0.139. The Morgan fingerprint density at radius 1 is 1.35 bits per heavy atom. The monoisotopic (exact) mass is 303 g/mol. The summed E-state index contributed by atoms with van der Waals surface area (Å²) >= 11 is 0. The summed E-state index contributed by atoms with van der Waals surface area (Å²) in [5.74, 6) is -1.55. The van der Waals surface area contributed by atoms with Crippen molar-refractivity contribution in [1.29, 1.82) is 0 Å². The normalized spacial score (nSPS) is 12.7. The number of carboxylic acid groups (broad SMARTS) is 1. The topological polar surface area (TPSA) is 130 Å². The summed E-state index contributed by atoms with van der Waals surface area (Å²) in [4.78, 5) is 22.6. The lowest BCUT2D eigenvalue weighted by Crippen LogP contribution is -2.45. The predicted molar refractivity (Wildman–Crippen MR) is 67.9 cm³/mol. The van der Waals surface area contributed by atoms with Crippen molar-refractivity contribution in [2.24, 2.45) is 0 Å². The average molecular weight is 303 g/mol. The highest BCUT2D eigenvalue weighted by Crippen LogP contribution is 2.19. The van der Waals surface area contributed by atoms with Crippen molar-refractivity contribution in [1.82, 2.24) is 4.72 Å². The van der Waals surface area contributed by atoms with E-state index in [1.165, 1.54) is 25.3 Å². The van der Waals surface area contributed by atoms with Crippen LogP contribution in [0, 0.1) is 0 Å². The van der Waals surface area contributed by atoms with Crippen LogP contribution in [0.1, 0.15) is 10.4 Å². The number of benzene rings is 1. The zero-order chi connectivity index (χ0) is 15.3. The van der Waals surface area contributed by atoms with E-state index in [9.17, 15) is 18.0 Å². The lowest BCUT2D eigenvalue weighted by atomic mass is 10.2. The van der Waals surface area contributed by atoms with Gasteiger partial charge in [-0.1, -0.05) is 12.1 Å². The third-order valence-electron chi connectivity index (χ3n) is 2.35. The summed E-state index contributed by atoms with van der Waals surface area (Å²) in [6.07, 6.45) is 0. The molecule has 1 aromatic carbocycles. The Labute approximate surface area is 115 Å². The van der Waals surface area contributed by atoms with Gasteiger partial charge in [0.15, 0.2) is 0 Å². The molecule has 110 valence electrons. The van der Waals surface area contributed by atoms with E-state index in [1.54, 1.807) is 10.8 Å². The number of hydrogen-bond donors (Lipinski definition) is 3. The minimum atomic E-state index is -4.61. The molecule has 1 atom stereocenters. The number of para-hydroxylation sites is 1. The van der Waals surface area contributed by atoms with E-state index >= 15 is 0 Å². The predicted octanol–water partition coefficient (Wildman–Crippen LogP) is -0.800. The van der Waals surface area contributed by atoms with Crippen LogP contribution in [0.5, 0.6) is 5.75 Å². The van der Waals surface area contributed by atoms with E-state index in [-0.39, 0.29) is 11.3 Å². The number of sulfonamides is 1. The number of aliphatic hydroxyl groups is 1. The van der Waals surface area contributed by atoms with Crippen molar-refractivity contribution in [3.8, 4) is 5.75 Å². The molecule has 0 amide bonds. The van der Waals surface area contributed by atoms with Gasteiger partial charge >= 0.3 is 5.97 Å². The molecule has 0 heterocycles. The first kappa shape index (κ1) is 16.1. The molecule has 0 aromatic heterocycles. The van der Waals surface area contributed by atoms with E-state index in [0.717, 1.165) is 0 Å². The molecule has 9 heteroatoms. The number of hydrogen-bond acceptors (Lipinski definition) is 6. The van der Waals surface area contributed by atoms with Crippen molar-refractivity contribution >= 4 is 21.1 Å². The van der Waals surface area contributed by atoms with E-state index < -0.39 is 33.8 Å². The second kappa shape index (κ2) is 6.46. The fourth-order valence-electron chi connectivity index (χ4n) is 1.36. The number of aliphatic carboxylic acids is 1. The first-order chi connectivity index (χ1) is 9.33. The van der Waals surface area contributed by atoms with Gasteiger partial charge in [0, 0.05) is 0 Å². The first-order valence-corrected chi connectivity index (χ1v) is 6.85. The van der Waals surface area contributed by atoms with Gasteiger partial charge in [-0.3, -0.25) is 9.59 Å². The number of rotatable bonds is 6. The number of carbonyl (C=O) groups is 2. The van der Waals surface area contributed by atoms with Crippen LogP contribution in [-0.2, 0) is 14.8 Å². The highest BCUT2D eigenvalue weighted by molar-refractivity contribution is 8.05. The second-order valence-corrected chi connectivity index (χ2v) is 5.30.